The lowest BCUT2D eigenvalue weighted by atomic mass is 10.2. The minimum Gasteiger partial charge on any atom is -0.453 e. The predicted molar refractivity (Wildman–Crippen MR) is 99.7 cm³/mol. The number of carbonyl (C=O) groups is 2. The van der Waals surface area contributed by atoms with Crippen molar-refractivity contribution in [3.8, 4) is 10.6 Å². The largest absolute Gasteiger partial charge is 0.453 e. The predicted octanol–water partition coefficient (Wildman–Crippen LogP) is 4.16. The van der Waals surface area contributed by atoms with Crippen LogP contribution in [0.4, 0.5) is 5.69 Å². The van der Waals surface area contributed by atoms with E-state index in [-0.39, 0.29) is 5.91 Å². The number of nitrogens with zero attached hydrogens (tertiary/aromatic N) is 1. The summed E-state index contributed by atoms with van der Waals surface area (Å²) in [5.74, 6) is -0.845. The Morgan fingerprint density at radius 1 is 1.16 bits per heavy atom. The highest BCUT2D eigenvalue weighted by Gasteiger charge is 2.16. The van der Waals surface area contributed by atoms with E-state index in [1.54, 1.807) is 11.3 Å². The standard InChI is InChI=1S/C19H18N2O3S/c1-11-4-9-16-17(10-11)25-19(21-16)14-5-7-15(8-6-14)20-18(23)12(2)24-13(3)22/h4-10,12H,1-3H3,(H,20,23)/t12-/m1/s1. The summed E-state index contributed by atoms with van der Waals surface area (Å²) < 4.78 is 6.02. The summed E-state index contributed by atoms with van der Waals surface area (Å²) in [6.45, 7) is 4.87. The average molecular weight is 354 g/mol. The average Bonchev–Trinajstić information content (AvgIpc) is 2.97. The zero-order valence-electron chi connectivity index (χ0n) is 14.2. The van der Waals surface area contributed by atoms with Gasteiger partial charge in [-0.15, -0.1) is 11.3 Å². The number of hydrogen-bond donors (Lipinski definition) is 1. The molecular formula is C19H18N2O3S. The van der Waals surface area contributed by atoms with Crippen LogP contribution < -0.4 is 5.32 Å². The highest BCUT2D eigenvalue weighted by molar-refractivity contribution is 7.21. The molecule has 128 valence electrons. The summed E-state index contributed by atoms with van der Waals surface area (Å²) in [5, 5.41) is 3.66. The van der Waals surface area contributed by atoms with Crippen LogP contribution in [0.3, 0.4) is 0 Å². The molecule has 6 heteroatoms. The molecular weight excluding hydrogens is 336 g/mol. The van der Waals surface area contributed by atoms with Crippen molar-refractivity contribution in [3.05, 3.63) is 48.0 Å². The molecule has 0 saturated heterocycles. The van der Waals surface area contributed by atoms with Crippen molar-refractivity contribution in [1.82, 2.24) is 4.98 Å². The minimum absolute atomic E-state index is 0.363. The zero-order chi connectivity index (χ0) is 18.0. The van der Waals surface area contributed by atoms with Gasteiger partial charge in [0, 0.05) is 18.2 Å². The number of esters is 1. The van der Waals surface area contributed by atoms with E-state index in [2.05, 4.69) is 29.4 Å². The number of amides is 1. The van der Waals surface area contributed by atoms with Gasteiger partial charge in [0.1, 0.15) is 5.01 Å². The Kier molecular flexibility index (Phi) is 4.81. The molecule has 1 amide bonds. The van der Waals surface area contributed by atoms with Gasteiger partial charge in [-0.3, -0.25) is 9.59 Å². The Balaban J connectivity index is 1.75. The third-order valence-electron chi connectivity index (χ3n) is 3.66. The Hall–Kier alpha value is -2.73. The number of benzene rings is 2. The van der Waals surface area contributed by atoms with Crippen LogP contribution in [0.2, 0.25) is 0 Å². The number of hydrogen-bond acceptors (Lipinski definition) is 5. The van der Waals surface area contributed by atoms with E-state index in [9.17, 15) is 9.59 Å². The highest BCUT2D eigenvalue weighted by atomic mass is 32.1. The third kappa shape index (κ3) is 4.03. The summed E-state index contributed by atoms with van der Waals surface area (Å²) in [7, 11) is 0. The van der Waals surface area contributed by atoms with Gasteiger partial charge in [-0.25, -0.2) is 4.98 Å². The van der Waals surface area contributed by atoms with E-state index in [1.165, 1.54) is 19.4 Å². The summed E-state index contributed by atoms with van der Waals surface area (Å²) in [6.07, 6.45) is -0.829. The lowest BCUT2D eigenvalue weighted by molar-refractivity contribution is -0.150. The van der Waals surface area contributed by atoms with Crippen LogP contribution in [-0.2, 0) is 14.3 Å². The molecule has 3 rings (SSSR count). The quantitative estimate of drug-likeness (QED) is 0.714. The number of nitrogens with one attached hydrogen (secondary N) is 1. The SMILES string of the molecule is CC(=O)O[C@H](C)C(=O)Nc1ccc(-c2nc3ccc(C)cc3s2)cc1. The topological polar surface area (TPSA) is 68.3 Å². The maximum atomic E-state index is 12.0. The molecule has 5 nitrogen and oxygen atoms in total. The fourth-order valence-corrected chi connectivity index (χ4v) is 3.47. The maximum Gasteiger partial charge on any atom is 0.303 e. The van der Waals surface area contributed by atoms with Crippen molar-refractivity contribution in [1.29, 1.82) is 0 Å². The van der Waals surface area contributed by atoms with E-state index < -0.39 is 12.1 Å². The molecule has 1 atom stereocenters. The van der Waals surface area contributed by atoms with Gasteiger partial charge >= 0.3 is 5.97 Å². The van der Waals surface area contributed by atoms with Gasteiger partial charge in [0.15, 0.2) is 6.10 Å². The second-order valence-electron chi connectivity index (χ2n) is 5.81. The molecule has 1 N–H and O–H groups in total. The molecule has 0 spiro atoms. The first-order valence-corrected chi connectivity index (χ1v) is 8.70. The Labute approximate surface area is 149 Å². The summed E-state index contributed by atoms with van der Waals surface area (Å²) in [5.41, 5.74) is 3.83. The normalized spacial score (nSPS) is 12.0. The third-order valence-corrected chi connectivity index (χ3v) is 4.72. The lowest BCUT2D eigenvalue weighted by Crippen LogP contribution is -2.29. The maximum absolute atomic E-state index is 12.0. The zero-order valence-corrected chi connectivity index (χ0v) is 15.0. The number of carbonyl (C=O) groups excluding carboxylic acids is 2. The van der Waals surface area contributed by atoms with Crippen molar-refractivity contribution < 1.29 is 14.3 Å². The Bertz CT molecular complexity index is 931. The van der Waals surface area contributed by atoms with E-state index in [1.807, 2.05) is 30.3 Å². The molecule has 1 heterocycles. The van der Waals surface area contributed by atoms with Gasteiger partial charge in [0.25, 0.3) is 5.91 Å². The van der Waals surface area contributed by atoms with Crippen molar-refractivity contribution in [2.45, 2.75) is 26.9 Å². The monoisotopic (exact) mass is 354 g/mol. The number of anilines is 1. The van der Waals surface area contributed by atoms with Crippen LogP contribution in [0.25, 0.3) is 20.8 Å². The van der Waals surface area contributed by atoms with Crippen LogP contribution >= 0.6 is 11.3 Å². The summed E-state index contributed by atoms with van der Waals surface area (Å²) >= 11 is 1.64. The second kappa shape index (κ2) is 7.03. The molecule has 0 aliphatic heterocycles. The smallest absolute Gasteiger partial charge is 0.303 e. The van der Waals surface area contributed by atoms with Crippen LogP contribution in [0, 0.1) is 6.92 Å². The molecule has 25 heavy (non-hydrogen) atoms. The molecule has 0 radical (unpaired) electrons. The van der Waals surface area contributed by atoms with Crippen molar-refractivity contribution in [3.63, 3.8) is 0 Å². The number of fused-ring (bicyclic) bond motifs is 1. The van der Waals surface area contributed by atoms with E-state index in [0.29, 0.717) is 5.69 Å². The first kappa shape index (κ1) is 17.1. The van der Waals surface area contributed by atoms with Crippen LogP contribution in [0.15, 0.2) is 42.5 Å². The molecule has 0 unspecified atom stereocenters. The van der Waals surface area contributed by atoms with Gasteiger partial charge < -0.3 is 10.1 Å². The van der Waals surface area contributed by atoms with Gasteiger partial charge in [0.05, 0.1) is 10.2 Å². The van der Waals surface area contributed by atoms with Gasteiger partial charge in [0.2, 0.25) is 0 Å². The fourth-order valence-electron chi connectivity index (χ4n) is 2.40. The molecule has 2 aromatic carbocycles. The van der Waals surface area contributed by atoms with Crippen molar-refractivity contribution in [2.75, 3.05) is 5.32 Å². The first-order valence-electron chi connectivity index (χ1n) is 7.88. The van der Waals surface area contributed by atoms with Gasteiger partial charge in [-0.05, 0) is 55.8 Å². The van der Waals surface area contributed by atoms with Crippen LogP contribution in [0.5, 0.6) is 0 Å². The van der Waals surface area contributed by atoms with E-state index >= 15 is 0 Å². The Morgan fingerprint density at radius 2 is 1.88 bits per heavy atom. The van der Waals surface area contributed by atoms with Crippen LogP contribution in [-0.4, -0.2) is 23.0 Å². The van der Waals surface area contributed by atoms with E-state index in [0.717, 1.165) is 20.8 Å². The molecule has 0 saturated carbocycles. The number of thiazole rings is 1. The number of ether oxygens (including phenoxy) is 1. The van der Waals surface area contributed by atoms with E-state index in [4.69, 9.17) is 4.74 Å². The van der Waals surface area contributed by atoms with Crippen molar-refractivity contribution in [2.24, 2.45) is 0 Å². The first-order chi connectivity index (χ1) is 11.9. The number of aromatic nitrogens is 1. The van der Waals surface area contributed by atoms with Gasteiger partial charge in [-0.2, -0.15) is 0 Å². The lowest BCUT2D eigenvalue weighted by Gasteiger charge is -2.12. The van der Waals surface area contributed by atoms with Gasteiger partial charge in [-0.1, -0.05) is 6.07 Å². The van der Waals surface area contributed by atoms with Crippen molar-refractivity contribution >= 4 is 39.1 Å². The molecule has 0 aliphatic carbocycles. The molecule has 0 bridgehead atoms. The summed E-state index contributed by atoms with van der Waals surface area (Å²) in [6, 6.07) is 13.6. The minimum atomic E-state index is -0.829. The molecule has 1 aromatic heterocycles. The fraction of sp³-hybridized carbons (Fsp3) is 0.211. The molecule has 3 aromatic rings. The number of rotatable bonds is 4. The van der Waals surface area contributed by atoms with Crippen LogP contribution in [0.1, 0.15) is 19.4 Å². The summed E-state index contributed by atoms with van der Waals surface area (Å²) in [4.78, 5) is 27.5. The Morgan fingerprint density at radius 3 is 2.56 bits per heavy atom. The highest BCUT2D eigenvalue weighted by Crippen LogP contribution is 2.31. The molecule has 0 aliphatic rings. The number of aryl methyl sites for hydroxylation is 1. The molecule has 0 fully saturated rings. The second-order valence-corrected chi connectivity index (χ2v) is 6.84.